The van der Waals surface area contributed by atoms with Crippen LogP contribution in [0.2, 0.25) is 0 Å². The second-order valence-corrected chi connectivity index (χ2v) is 8.18. The molecule has 114 valence electrons. The van der Waals surface area contributed by atoms with Gasteiger partial charge in [-0.3, -0.25) is 4.79 Å². The topological polar surface area (TPSA) is 75.3 Å². The molecular formula is C15H20N2O3S. The quantitative estimate of drug-likeness (QED) is 0.847. The van der Waals surface area contributed by atoms with Gasteiger partial charge in [-0.25, -0.2) is 8.42 Å². The molecule has 0 aromatic heterocycles. The Labute approximate surface area is 125 Å². The number of fused-ring (bicyclic) bond motifs is 1. The van der Waals surface area contributed by atoms with E-state index < -0.39 is 15.1 Å². The van der Waals surface area contributed by atoms with Crippen molar-refractivity contribution in [1.29, 1.82) is 0 Å². The highest BCUT2D eigenvalue weighted by Crippen LogP contribution is 2.19. The van der Waals surface area contributed by atoms with E-state index in [1.807, 2.05) is 18.2 Å². The summed E-state index contributed by atoms with van der Waals surface area (Å²) in [6.45, 7) is 0.914. The Kier molecular flexibility index (Phi) is 3.99. The van der Waals surface area contributed by atoms with Gasteiger partial charge in [0, 0.05) is 13.1 Å². The Morgan fingerprint density at radius 1 is 1.29 bits per heavy atom. The van der Waals surface area contributed by atoms with E-state index in [9.17, 15) is 13.2 Å². The lowest BCUT2D eigenvalue weighted by Gasteiger charge is -2.25. The van der Waals surface area contributed by atoms with Gasteiger partial charge in [0.25, 0.3) is 0 Å². The Morgan fingerprint density at radius 2 is 2.05 bits per heavy atom. The molecule has 1 fully saturated rings. The van der Waals surface area contributed by atoms with Crippen LogP contribution in [0.3, 0.4) is 0 Å². The van der Waals surface area contributed by atoms with E-state index in [2.05, 4.69) is 16.7 Å². The molecule has 2 heterocycles. The van der Waals surface area contributed by atoms with Gasteiger partial charge in [0.2, 0.25) is 5.91 Å². The third-order valence-electron chi connectivity index (χ3n) is 4.36. The molecule has 3 rings (SSSR count). The molecule has 1 aromatic rings. The van der Waals surface area contributed by atoms with Gasteiger partial charge in [-0.15, -0.1) is 0 Å². The van der Waals surface area contributed by atoms with Crippen LogP contribution in [0, 0.1) is 0 Å². The van der Waals surface area contributed by atoms with Gasteiger partial charge in [0.1, 0.15) is 0 Å². The maximum atomic E-state index is 12.2. The highest BCUT2D eigenvalue weighted by Gasteiger charge is 2.32. The van der Waals surface area contributed by atoms with Crippen LogP contribution in [-0.4, -0.2) is 37.9 Å². The van der Waals surface area contributed by atoms with Crippen LogP contribution in [0.5, 0.6) is 0 Å². The van der Waals surface area contributed by atoms with Crippen molar-refractivity contribution in [3.63, 3.8) is 0 Å². The van der Waals surface area contributed by atoms with Crippen LogP contribution in [-0.2, 0) is 27.6 Å². The number of amides is 1. The molecule has 1 amide bonds. The zero-order valence-corrected chi connectivity index (χ0v) is 12.7. The first kappa shape index (κ1) is 14.5. The van der Waals surface area contributed by atoms with E-state index in [0.717, 1.165) is 0 Å². The van der Waals surface area contributed by atoms with Gasteiger partial charge >= 0.3 is 0 Å². The Balaban J connectivity index is 1.57. The van der Waals surface area contributed by atoms with Gasteiger partial charge < -0.3 is 10.6 Å². The number of sulfone groups is 1. The lowest BCUT2D eigenvalue weighted by atomic mass is 9.95. The number of carbonyl (C=O) groups excluding carboxylic acids is 1. The van der Waals surface area contributed by atoms with Crippen LogP contribution in [0.1, 0.15) is 24.0 Å². The molecule has 6 heteroatoms. The highest BCUT2D eigenvalue weighted by molar-refractivity contribution is 7.92. The molecule has 0 radical (unpaired) electrons. The molecule has 21 heavy (non-hydrogen) atoms. The number of hydrogen-bond acceptors (Lipinski definition) is 4. The summed E-state index contributed by atoms with van der Waals surface area (Å²) in [5, 5.41) is 5.60. The van der Waals surface area contributed by atoms with E-state index in [1.54, 1.807) is 0 Å². The fourth-order valence-electron chi connectivity index (χ4n) is 3.06. The summed E-state index contributed by atoms with van der Waals surface area (Å²) in [4.78, 5) is 12.2. The van der Waals surface area contributed by atoms with Crippen molar-refractivity contribution in [3.8, 4) is 0 Å². The first-order valence-corrected chi connectivity index (χ1v) is 9.07. The number of rotatable bonds is 3. The monoisotopic (exact) mass is 308 g/mol. The van der Waals surface area contributed by atoms with Crippen LogP contribution >= 0.6 is 0 Å². The van der Waals surface area contributed by atoms with Gasteiger partial charge in [0.05, 0.1) is 17.0 Å². The zero-order chi connectivity index (χ0) is 14.9. The molecule has 2 atom stereocenters. The average Bonchev–Trinajstić information content (AvgIpc) is 2.83. The summed E-state index contributed by atoms with van der Waals surface area (Å²) in [5.74, 6) is 0.148. The summed E-state index contributed by atoms with van der Waals surface area (Å²) in [5.41, 5.74) is 2.41. The highest BCUT2D eigenvalue weighted by atomic mass is 32.2. The van der Waals surface area contributed by atoms with Crippen LogP contribution in [0.15, 0.2) is 24.3 Å². The molecule has 0 bridgehead atoms. The summed E-state index contributed by atoms with van der Waals surface area (Å²) in [7, 11) is -3.00. The minimum Gasteiger partial charge on any atom is -0.353 e. The summed E-state index contributed by atoms with van der Waals surface area (Å²) in [6, 6.07) is 7.79. The second kappa shape index (κ2) is 5.77. The molecule has 5 nitrogen and oxygen atoms in total. The van der Waals surface area contributed by atoms with Crippen LogP contribution in [0.25, 0.3) is 0 Å². The van der Waals surface area contributed by atoms with E-state index in [4.69, 9.17) is 0 Å². The minimum atomic E-state index is -3.00. The van der Waals surface area contributed by atoms with Crippen LogP contribution < -0.4 is 10.6 Å². The first-order valence-electron chi connectivity index (χ1n) is 7.36. The average molecular weight is 308 g/mol. The van der Waals surface area contributed by atoms with Crippen molar-refractivity contribution in [3.05, 3.63) is 35.4 Å². The summed E-state index contributed by atoms with van der Waals surface area (Å²) < 4.78 is 23.5. The molecule has 0 aliphatic carbocycles. The van der Waals surface area contributed by atoms with E-state index in [-0.39, 0.29) is 24.2 Å². The molecular weight excluding hydrogens is 288 g/mol. The van der Waals surface area contributed by atoms with Gasteiger partial charge in [-0.2, -0.15) is 0 Å². The fraction of sp³-hybridized carbons (Fsp3) is 0.533. The lowest BCUT2D eigenvalue weighted by molar-refractivity contribution is -0.123. The number of hydrogen-bond donors (Lipinski definition) is 2. The zero-order valence-electron chi connectivity index (χ0n) is 11.8. The predicted molar refractivity (Wildman–Crippen MR) is 80.6 cm³/mol. The normalized spacial score (nSPS) is 27.0. The predicted octanol–water partition coefficient (Wildman–Crippen LogP) is 0.394. The maximum absolute atomic E-state index is 12.2. The Morgan fingerprint density at radius 3 is 2.76 bits per heavy atom. The van der Waals surface area contributed by atoms with E-state index >= 15 is 0 Å². The Bertz CT molecular complexity index is 642. The van der Waals surface area contributed by atoms with Crippen molar-refractivity contribution < 1.29 is 13.2 Å². The lowest BCUT2D eigenvalue weighted by Crippen LogP contribution is -2.49. The van der Waals surface area contributed by atoms with Crippen molar-refractivity contribution in [2.75, 3.05) is 12.3 Å². The van der Waals surface area contributed by atoms with Crippen LogP contribution in [0.4, 0.5) is 0 Å². The van der Waals surface area contributed by atoms with Gasteiger partial charge in [-0.1, -0.05) is 24.3 Å². The van der Waals surface area contributed by atoms with Gasteiger partial charge in [-0.05, 0) is 30.4 Å². The summed E-state index contributed by atoms with van der Waals surface area (Å²) >= 11 is 0. The second-order valence-electron chi connectivity index (χ2n) is 5.78. The Hall–Kier alpha value is -1.40. The molecule has 0 saturated carbocycles. The largest absolute Gasteiger partial charge is 0.353 e. The SMILES string of the molecule is O=C(NCC1CCCS1(=O)=O)C1Cc2ccccc2CN1. The molecule has 2 aliphatic rings. The van der Waals surface area contributed by atoms with E-state index in [1.165, 1.54) is 11.1 Å². The number of carbonyl (C=O) groups is 1. The van der Waals surface area contributed by atoms with Crippen molar-refractivity contribution >= 4 is 15.7 Å². The molecule has 1 saturated heterocycles. The van der Waals surface area contributed by atoms with Crippen molar-refractivity contribution in [1.82, 2.24) is 10.6 Å². The third kappa shape index (κ3) is 3.11. The molecule has 0 spiro atoms. The molecule has 2 aliphatic heterocycles. The number of benzene rings is 1. The standard InChI is InChI=1S/C15H20N2O3S/c18-15(17-10-13-6-3-7-21(13,19)20)14-8-11-4-1-2-5-12(11)9-16-14/h1-2,4-5,13-14,16H,3,6-10H2,(H,17,18). The fourth-order valence-corrected chi connectivity index (χ4v) is 4.83. The molecule has 2 unspecified atom stereocenters. The number of nitrogens with one attached hydrogen (secondary N) is 2. The van der Waals surface area contributed by atoms with Crippen molar-refractivity contribution in [2.24, 2.45) is 0 Å². The van der Waals surface area contributed by atoms with Gasteiger partial charge in [0.15, 0.2) is 9.84 Å². The first-order chi connectivity index (χ1) is 10.1. The third-order valence-corrected chi connectivity index (χ3v) is 6.64. The van der Waals surface area contributed by atoms with E-state index in [0.29, 0.717) is 25.8 Å². The molecule has 2 N–H and O–H groups in total. The smallest absolute Gasteiger partial charge is 0.237 e. The summed E-state index contributed by atoms with van der Waals surface area (Å²) in [6.07, 6.45) is 2.01. The van der Waals surface area contributed by atoms with Crippen molar-refractivity contribution in [2.45, 2.75) is 37.1 Å². The molecule has 1 aromatic carbocycles. The maximum Gasteiger partial charge on any atom is 0.237 e. The minimum absolute atomic E-state index is 0.105.